The Kier molecular flexibility index (Phi) is 6.05. The average Bonchev–Trinajstić information content (AvgIpc) is 3.01. The Hall–Kier alpha value is -2.78. The Labute approximate surface area is 191 Å². The maximum atomic E-state index is 13.7. The van der Waals surface area contributed by atoms with Gasteiger partial charge in [0.1, 0.15) is 6.54 Å². The minimum Gasteiger partial charge on any atom is -0.341 e. The molecule has 1 saturated heterocycles. The van der Waals surface area contributed by atoms with Gasteiger partial charge in [-0.2, -0.15) is 0 Å². The van der Waals surface area contributed by atoms with Crippen LogP contribution in [0, 0.1) is 0 Å². The van der Waals surface area contributed by atoms with Crippen molar-refractivity contribution in [3.05, 3.63) is 58.0 Å². The van der Waals surface area contributed by atoms with Crippen LogP contribution in [0.5, 0.6) is 0 Å². The van der Waals surface area contributed by atoms with Crippen molar-refractivity contribution in [3.8, 4) is 0 Å². The van der Waals surface area contributed by atoms with E-state index in [4.69, 9.17) is 11.6 Å². The SMILES string of the molecule is Cn1c(=O)n(C)c2cc(S(=O)(=O)N(CC(=O)N3CCCCC3)c3cccc(Cl)c3)ccc21. The van der Waals surface area contributed by atoms with Gasteiger partial charge >= 0.3 is 5.69 Å². The van der Waals surface area contributed by atoms with Gasteiger partial charge in [-0.15, -0.1) is 0 Å². The number of sulfonamides is 1. The molecule has 0 bridgehead atoms. The predicted molar refractivity (Wildman–Crippen MR) is 125 cm³/mol. The summed E-state index contributed by atoms with van der Waals surface area (Å²) in [6, 6.07) is 11.0. The van der Waals surface area contributed by atoms with Crippen LogP contribution in [0.25, 0.3) is 11.0 Å². The van der Waals surface area contributed by atoms with Crippen LogP contribution in [0.4, 0.5) is 5.69 Å². The van der Waals surface area contributed by atoms with Crippen molar-refractivity contribution in [1.82, 2.24) is 14.0 Å². The lowest BCUT2D eigenvalue weighted by atomic mass is 10.1. The first-order valence-electron chi connectivity index (χ1n) is 10.4. The molecular formula is C22H25ClN4O4S. The van der Waals surface area contributed by atoms with Crippen LogP contribution in [-0.2, 0) is 28.9 Å². The second-order valence-electron chi connectivity index (χ2n) is 7.98. The highest BCUT2D eigenvalue weighted by Crippen LogP contribution is 2.28. The predicted octanol–water partition coefficient (Wildman–Crippen LogP) is 2.74. The summed E-state index contributed by atoms with van der Waals surface area (Å²) >= 11 is 6.13. The van der Waals surface area contributed by atoms with Gasteiger partial charge < -0.3 is 4.90 Å². The van der Waals surface area contributed by atoms with Gasteiger partial charge in [-0.3, -0.25) is 18.2 Å². The van der Waals surface area contributed by atoms with Crippen molar-refractivity contribution >= 4 is 44.3 Å². The fourth-order valence-electron chi connectivity index (χ4n) is 4.09. The second kappa shape index (κ2) is 8.63. The molecule has 170 valence electrons. The molecule has 1 aliphatic heterocycles. The molecule has 1 aliphatic rings. The summed E-state index contributed by atoms with van der Waals surface area (Å²) in [6.45, 7) is 0.926. The first-order valence-corrected chi connectivity index (χ1v) is 12.2. The van der Waals surface area contributed by atoms with Gasteiger partial charge in [-0.1, -0.05) is 17.7 Å². The molecule has 1 fully saturated rings. The van der Waals surface area contributed by atoms with Gasteiger partial charge in [0.2, 0.25) is 5.91 Å². The summed E-state index contributed by atoms with van der Waals surface area (Å²) in [5.74, 6) is -0.249. The molecule has 2 aromatic carbocycles. The molecule has 0 unspecified atom stereocenters. The Balaban J connectivity index is 1.78. The highest BCUT2D eigenvalue weighted by Gasteiger charge is 2.30. The number of hydrogen-bond acceptors (Lipinski definition) is 4. The number of piperidine rings is 1. The van der Waals surface area contributed by atoms with E-state index < -0.39 is 10.0 Å². The van der Waals surface area contributed by atoms with E-state index in [1.165, 1.54) is 27.3 Å². The van der Waals surface area contributed by atoms with Crippen molar-refractivity contribution in [2.24, 2.45) is 14.1 Å². The summed E-state index contributed by atoms with van der Waals surface area (Å²) in [6.07, 6.45) is 2.89. The molecule has 0 saturated carbocycles. The average molecular weight is 477 g/mol. The Morgan fingerprint density at radius 3 is 2.38 bits per heavy atom. The minimum atomic E-state index is -4.11. The fraction of sp³-hybridized carbons (Fsp3) is 0.364. The molecule has 1 amide bonds. The van der Waals surface area contributed by atoms with Gasteiger partial charge in [-0.05, 0) is 55.7 Å². The number of fused-ring (bicyclic) bond motifs is 1. The monoisotopic (exact) mass is 476 g/mol. The number of halogens is 1. The summed E-state index contributed by atoms with van der Waals surface area (Å²) in [4.78, 5) is 27.0. The standard InChI is InChI=1S/C22H25ClN4O4S/c1-24-19-10-9-18(14-20(19)25(2)22(24)29)32(30,31)27(17-8-6-7-16(23)13-17)15-21(28)26-11-4-3-5-12-26/h6-10,13-14H,3-5,11-12,15H2,1-2H3. The Morgan fingerprint density at radius 1 is 1.00 bits per heavy atom. The number of carbonyl (C=O) groups is 1. The molecule has 0 N–H and O–H groups in total. The third-order valence-electron chi connectivity index (χ3n) is 5.92. The lowest BCUT2D eigenvalue weighted by Gasteiger charge is -2.30. The van der Waals surface area contributed by atoms with Crippen LogP contribution < -0.4 is 9.99 Å². The third kappa shape index (κ3) is 4.02. The lowest BCUT2D eigenvalue weighted by Crippen LogP contribution is -2.44. The summed E-state index contributed by atoms with van der Waals surface area (Å²) in [7, 11) is -0.888. The van der Waals surface area contributed by atoms with E-state index in [2.05, 4.69) is 0 Å². The molecule has 4 rings (SSSR count). The van der Waals surface area contributed by atoms with E-state index in [0.717, 1.165) is 23.6 Å². The van der Waals surface area contributed by atoms with Gasteiger partial charge in [0.25, 0.3) is 10.0 Å². The number of carbonyl (C=O) groups excluding carboxylic acids is 1. The smallest absolute Gasteiger partial charge is 0.328 e. The zero-order chi connectivity index (χ0) is 23.0. The highest BCUT2D eigenvalue weighted by atomic mass is 35.5. The number of aromatic nitrogens is 2. The number of amides is 1. The maximum Gasteiger partial charge on any atom is 0.328 e. The molecule has 2 heterocycles. The number of anilines is 1. The Bertz CT molecular complexity index is 1340. The summed E-state index contributed by atoms with van der Waals surface area (Å²) < 4.78 is 31.4. The number of likely N-dealkylation sites (tertiary alicyclic amines) is 1. The van der Waals surface area contributed by atoms with E-state index in [1.807, 2.05) is 0 Å². The van der Waals surface area contributed by atoms with Gasteiger partial charge in [0.05, 0.1) is 21.6 Å². The number of nitrogens with zero attached hydrogens (tertiary/aromatic N) is 4. The molecule has 32 heavy (non-hydrogen) atoms. The summed E-state index contributed by atoms with van der Waals surface area (Å²) in [5.41, 5.74) is 1.17. The van der Waals surface area contributed by atoms with E-state index >= 15 is 0 Å². The van der Waals surface area contributed by atoms with Crippen LogP contribution in [0.15, 0.2) is 52.2 Å². The number of benzene rings is 2. The van der Waals surface area contributed by atoms with Gasteiger partial charge in [0.15, 0.2) is 0 Å². The molecule has 0 atom stereocenters. The van der Waals surface area contributed by atoms with Crippen molar-refractivity contribution in [3.63, 3.8) is 0 Å². The quantitative estimate of drug-likeness (QED) is 0.566. The van der Waals surface area contributed by atoms with E-state index in [1.54, 1.807) is 43.3 Å². The summed E-state index contributed by atoms with van der Waals surface area (Å²) in [5, 5.41) is 0.369. The topological polar surface area (TPSA) is 84.6 Å². The molecule has 0 spiro atoms. The number of imidazole rings is 1. The molecule has 1 aromatic heterocycles. The van der Waals surface area contributed by atoms with Crippen LogP contribution in [-0.4, -0.2) is 48.0 Å². The van der Waals surface area contributed by atoms with Crippen molar-refractivity contribution in [2.45, 2.75) is 24.2 Å². The normalized spacial score (nSPS) is 14.7. The molecule has 10 heteroatoms. The number of hydrogen-bond donors (Lipinski definition) is 0. The molecule has 3 aromatic rings. The zero-order valence-corrected chi connectivity index (χ0v) is 19.6. The number of rotatable bonds is 5. The van der Waals surface area contributed by atoms with E-state index in [9.17, 15) is 18.0 Å². The van der Waals surface area contributed by atoms with Crippen LogP contribution in [0.2, 0.25) is 5.02 Å². The lowest BCUT2D eigenvalue weighted by molar-refractivity contribution is -0.130. The third-order valence-corrected chi connectivity index (χ3v) is 7.92. The number of aryl methyl sites for hydroxylation is 2. The van der Waals surface area contributed by atoms with Crippen LogP contribution in [0.3, 0.4) is 0 Å². The van der Waals surface area contributed by atoms with Gasteiger partial charge in [-0.25, -0.2) is 13.2 Å². The van der Waals surface area contributed by atoms with E-state index in [0.29, 0.717) is 34.8 Å². The maximum absolute atomic E-state index is 13.7. The van der Waals surface area contributed by atoms with Gasteiger partial charge in [0, 0.05) is 32.2 Å². The van der Waals surface area contributed by atoms with Crippen molar-refractivity contribution in [1.29, 1.82) is 0 Å². The van der Waals surface area contributed by atoms with Crippen LogP contribution in [0.1, 0.15) is 19.3 Å². The zero-order valence-electron chi connectivity index (χ0n) is 18.0. The largest absolute Gasteiger partial charge is 0.341 e. The molecule has 0 radical (unpaired) electrons. The van der Waals surface area contributed by atoms with E-state index in [-0.39, 0.29) is 23.0 Å². The first-order chi connectivity index (χ1) is 15.2. The second-order valence-corrected chi connectivity index (χ2v) is 10.3. The van der Waals surface area contributed by atoms with Crippen molar-refractivity contribution < 1.29 is 13.2 Å². The molecule has 8 nitrogen and oxygen atoms in total. The van der Waals surface area contributed by atoms with Crippen LogP contribution >= 0.6 is 11.6 Å². The highest BCUT2D eigenvalue weighted by molar-refractivity contribution is 7.92. The first kappa shape index (κ1) is 22.4. The Morgan fingerprint density at radius 2 is 1.69 bits per heavy atom. The fourth-order valence-corrected chi connectivity index (χ4v) is 5.70. The molecule has 0 aliphatic carbocycles. The molecular weight excluding hydrogens is 452 g/mol. The minimum absolute atomic E-state index is 0.00220. The van der Waals surface area contributed by atoms with Crippen molar-refractivity contribution in [2.75, 3.05) is 23.9 Å².